The lowest BCUT2D eigenvalue weighted by molar-refractivity contribution is -0.117. The Morgan fingerprint density at radius 2 is 1.96 bits per heavy atom. The molecule has 0 saturated carbocycles. The van der Waals surface area contributed by atoms with Crippen LogP contribution in [0.2, 0.25) is 0 Å². The molecular weight excluding hydrogens is 365 g/mol. The van der Waals surface area contributed by atoms with Crippen molar-refractivity contribution in [1.82, 2.24) is 5.32 Å². The molecule has 0 spiro atoms. The molecule has 2 N–H and O–H groups in total. The van der Waals surface area contributed by atoms with Crippen molar-refractivity contribution in [2.75, 3.05) is 23.4 Å². The Labute approximate surface area is 161 Å². The Morgan fingerprint density at radius 3 is 2.64 bits per heavy atom. The molecule has 0 radical (unpaired) electrons. The maximum atomic E-state index is 13.4. The molecule has 1 unspecified atom stereocenters. The zero-order valence-corrected chi connectivity index (χ0v) is 15.3. The average Bonchev–Trinajstić information content (AvgIpc) is 3.02. The van der Waals surface area contributed by atoms with Crippen LogP contribution in [0.5, 0.6) is 0 Å². The van der Waals surface area contributed by atoms with Gasteiger partial charge in [0.15, 0.2) is 0 Å². The number of rotatable bonds is 5. The van der Waals surface area contributed by atoms with E-state index in [2.05, 4.69) is 10.6 Å². The fraction of sp³-hybridized carbons (Fsp3) is 0.250. The first-order valence-electron chi connectivity index (χ1n) is 8.87. The molecule has 28 heavy (non-hydrogen) atoms. The largest absolute Gasteiger partial charge is 0.462 e. The number of urea groups is 1. The summed E-state index contributed by atoms with van der Waals surface area (Å²) in [7, 11) is 0. The van der Waals surface area contributed by atoms with E-state index in [4.69, 9.17) is 4.74 Å². The first-order valence-corrected chi connectivity index (χ1v) is 8.87. The van der Waals surface area contributed by atoms with Gasteiger partial charge < -0.3 is 20.3 Å². The Bertz CT molecular complexity index is 885. The maximum absolute atomic E-state index is 13.4. The first kappa shape index (κ1) is 19.3. The van der Waals surface area contributed by atoms with Gasteiger partial charge in [0.2, 0.25) is 5.91 Å². The Balaban J connectivity index is 1.55. The van der Waals surface area contributed by atoms with Crippen LogP contribution in [0.3, 0.4) is 0 Å². The molecule has 146 valence electrons. The normalized spacial score (nSPS) is 16.0. The standard InChI is InChI=1S/C20H20FN3O4/c1-2-28-19(26)13-6-8-15(9-7-13)22-20(27)23-16-11-18(25)24(12-16)17-5-3-4-14(21)10-17/h3-10,16H,2,11-12H2,1H3,(H2,22,23,27). The number of nitrogens with zero attached hydrogens (tertiary/aromatic N) is 1. The molecule has 7 nitrogen and oxygen atoms in total. The van der Waals surface area contributed by atoms with Crippen LogP contribution in [0.25, 0.3) is 0 Å². The van der Waals surface area contributed by atoms with Crippen molar-refractivity contribution in [3.8, 4) is 0 Å². The quantitative estimate of drug-likeness (QED) is 0.775. The fourth-order valence-corrected chi connectivity index (χ4v) is 2.95. The van der Waals surface area contributed by atoms with Gasteiger partial charge in [0.05, 0.1) is 18.2 Å². The van der Waals surface area contributed by atoms with Crippen molar-refractivity contribution >= 4 is 29.3 Å². The molecule has 0 bridgehead atoms. The van der Waals surface area contributed by atoms with Gasteiger partial charge in [-0.15, -0.1) is 0 Å². The SMILES string of the molecule is CCOC(=O)c1ccc(NC(=O)NC2CC(=O)N(c3cccc(F)c3)C2)cc1. The van der Waals surface area contributed by atoms with Crippen LogP contribution in [-0.4, -0.2) is 37.1 Å². The Hall–Kier alpha value is -3.42. The topological polar surface area (TPSA) is 87.7 Å². The summed E-state index contributed by atoms with van der Waals surface area (Å²) in [5.41, 5.74) is 1.35. The summed E-state index contributed by atoms with van der Waals surface area (Å²) < 4.78 is 18.3. The Morgan fingerprint density at radius 1 is 1.21 bits per heavy atom. The second-order valence-corrected chi connectivity index (χ2v) is 6.28. The summed E-state index contributed by atoms with van der Waals surface area (Å²) in [5.74, 6) is -1.04. The van der Waals surface area contributed by atoms with E-state index >= 15 is 0 Å². The van der Waals surface area contributed by atoms with Crippen molar-refractivity contribution in [3.63, 3.8) is 0 Å². The summed E-state index contributed by atoms with van der Waals surface area (Å²) >= 11 is 0. The monoisotopic (exact) mass is 385 g/mol. The van der Waals surface area contributed by atoms with Crippen LogP contribution < -0.4 is 15.5 Å². The van der Waals surface area contributed by atoms with E-state index in [0.717, 1.165) is 0 Å². The minimum absolute atomic E-state index is 0.131. The molecule has 0 aromatic heterocycles. The highest BCUT2D eigenvalue weighted by molar-refractivity contribution is 5.98. The number of halogens is 1. The van der Waals surface area contributed by atoms with E-state index in [1.165, 1.54) is 23.1 Å². The predicted molar refractivity (Wildman–Crippen MR) is 102 cm³/mol. The molecule has 3 amide bonds. The maximum Gasteiger partial charge on any atom is 0.338 e. The van der Waals surface area contributed by atoms with Gasteiger partial charge in [0, 0.05) is 24.3 Å². The lowest BCUT2D eigenvalue weighted by Gasteiger charge is -2.17. The van der Waals surface area contributed by atoms with Crippen molar-refractivity contribution < 1.29 is 23.5 Å². The van der Waals surface area contributed by atoms with Gasteiger partial charge in [-0.1, -0.05) is 6.07 Å². The van der Waals surface area contributed by atoms with Gasteiger partial charge in [0.1, 0.15) is 5.82 Å². The van der Waals surface area contributed by atoms with Crippen molar-refractivity contribution in [2.45, 2.75) is 19.4 Å². The van der Waals surface area contributed by atoms with Gasteiger partial charge >= 0.3 is 12.0 Å². The fourth-order valence-electron chi connectivity index (χ4n) is 2.95. The number of hydrogen-bond donors (Lipinski definition) is 2. The number of esters is 1. The number of anilines is 2. The summed E-state index contributed by atoms with van der Waals surface area (Å²) in [6.45, 7) is 2.27. The van der Waals surface area contributed by atoms with Crippen LogP contribution in [0.4, 0.5) is 20.6 Å². The molecule has 1 atom stereocenters. The third-order valence-corrected chi connectivity index (χ3v) is 4.23. The summed E-state index contributed by atoms with van der Waals surface area (Å²) in [4.78, 5) is 37.4. The van der Waals surface area contributed by atoms with E-state index in [9.17, 15) is 18.8 Å². The van der Waals surface area contributed by atoms with Gasteiger partial charge in [-0.05, 0) is 49.4 Å². The van der Waals surface area contributed by atoms with Crippen LogP contribution in [0.15, 0.2) is 48.5 Å². The summed E-state index contributed by atoms with van der Waals surface area (Å²) in [6, 6.07) is 11.2. The molecule has 1 saturated heterocycles. The highest BCUT2D eigenvalue weighted by Crippen LogP contribution is 2.22. The molecular formula is C20H20FN3O4. The number of amides is 3. The van der Waals surface area contributed by atoms with Gasteiger partial charge in [0.25, 0.3) is 0 Å². The summed E-state index contributed by atoms with van der Waals surface area (Å²) in [5, 5.41) is 5.39. The lowest BCUT2D eigenvalue weighted by atomic mass is 10.2. The highest BCUT2D eigenvalue weighted by Gasteiger charge is 2.31. The molecule has 3 rings (SSSR count). The molecule has 1 fully saturated rings. The number of ether oxygens (including phenoxy) is 1. The molecule has 8 heteroatoms. The second-order valence-electron chi connectivity index (χ2n) is 6.28. The van der Waals surface area contributed by atoms with E-state index in [-0.39, 0.29) is 25.5 Å². The smallest absolute Gasteiger partial charge is 0.338 e. The van der Waals surface area contributed by atoms with Crippen LogP contribution in [0, 0.1) is 5.82 Å². The lowest BCUT2D eigenvalue weighted by Crippen LogP contribution is -2.39. The van der Waals surface area contributed by atoms with Crippen LogP contribution in [-0.2, 0) is 9.53 Å². The van der Waals surface area contributed by atoms with Gasteiger partial charge in [-0.3, -0.25) is 4.79 Å². The average molecular weight is 385 g/mol. The van der Waals surface area contributed by atoms with E-state index in [0.29, 0.717) is 16.9 Å². The van der Waals surface area contributed by atoms with Crippen molar-refractivity contribution in [1.29, 1.82) is 0 Å². The zero-order chi connectivity index (χ0) is 20.1. The third kappa shape index (κ3) is 4.64. The van der Waals surface area contributed by atoms with Crippen LogP contribution >= 0.6 is 0 Å². The zero-order valence-electron chi connectivity index (χ0n) is 15.3. The second kappa shape index (κ2) is 8.51. The molecule has 2 aromatic carbocycles. The number of carbonyl (C=O) groups is 3. The van der Waals surface area contributed by atoms with Crippen molar-refractivity contribution in [3.05, 3.63) is 59.9 Å². The minimum atomic E-state index is -0.470. The first-order chi connectivity index (χ1) is 13.5. The third-order valence-electron chi connectivity index (χ3n) is 4.23. The van der Waals surface area contributed by atoms with E-state index in [1.807, 2.05) is 0 Å². The number of nitrogens with one attached hydrogen (secondary N) is 2. The van der Waals surface area contributed by atoms with Gasteiger partial charge in [-0.25, -0.2) is 14.0 Å². The predicted octanol–water partition coefficient (Wildman–Crippen LogP) is 2.93. The molecule has 1 heterocycles. The number of benzene rings is 2. The molecule has 1 aliphatic heterocycles. The number of carbonyl (C=O) groups excluding carboxylic acids is 3. The van der Waals surface area contributed by atoms with E-state index < -0.39 is 23.9 Å². The van der Waals surface area contributed by atoms with Crippen LogP contribution in [0.1, 0.15) is 23.7 Å². The minimum Gasteiger partial charge on any atom is -0.462 e. The van der Waals surface area contributed by atoms with E-state index in [1.54, 1.807) is 37.3 Å². The molecule has 0 aliphatic carbocycles. The molecule has 1 aliphatic rings. The molecule has 2 aromatic rings. The Kier molecular flexibility index (Phi) is 5.88. The highest BCUT2D eigenvalue weighted by atomic mass is 19.1. The van der Waals surface area contributed by atoms with Gasteiger partial charge in [-0.2, -0.15) is 0 Å². The summed E-state index contributed by atoms with van der Waals surface area (Å²) in [6.07, 6.45) is 0.131. The van der Waals surface area contributed by atoms with Crippen molar-refractivity contribution in [2.24, 2.45) is 0 Å². The number of hydrogen-bond acceptors (Lipinski definition) is 4.